The molecule has 2 N–H and O–H groups in total. The molecule has 1 aromatic rings. The number of piperidine rings is 1. The molecule has 0 bridgehead atoms. The van der Waals surface area contributed by atoms with Crippen LogP contribution in [0.25, 0.3) is 0 Å². The van der Waals surface area contributed by atoms with Crippen molar-refractivity contribution in [3.05, 3.63) is 10.4 Å². The number of anilines is 2. The van der Waals surface area contributed by atoms with Gasteiger partial charge in [-0.1, -0.05) is 13.3 Å². The lowest BCUT2D eigenvalue weighted by molar-refractivity contribution is 0.0607. The fraction of sp³-hybridized carbons (Fsp3) is 0.688. The zero-order chi connectivity index (χ0) is 15.0. The SMILES string of the molecule is CCC1CCCN(c2sc(C(=O)OC)c(N)c2C2CC2)C1. The summed E-state index contributed by atoms with van der Waals surface area (Å²) in [4.78, 5) is 15.0. The second-order valence-electron chi connectivity index (χ2n) is 6.19. The predicted molar refractivity (Wildman–Crippen MR) is 87.3 cm³/mol. The van der Waals surface area contributed by atoms with Crippen LogP contribution in [0.2, 0.25) is 0 Å². The van der Waals surface area contributed by atoms with Crippen molar-refractivity contribution in [3.8, 4) is 0 Å². The van der Waals surface area contributed by atoms with Gasteiger partial charge in [-0.15, -0.1) is 11.3 Å². The molecule has 0 radical (unpaired) electrons. The highest BCUT2D eigenvalue weighted by atomic mass is 32.1. The minimum absolute atomic E-state index is 0.297. The van der Waals surface area contributed by atoms with E-state index < -0.39 is 0 Å². The van der Waals surface area contributed by atoms with Crippen molar-refractivity contribution in [2.24, 2.45) is 5.92 Å². The lowest BCUT2D eigenvalue weighted by Crippen LogP contribution is -2.35. The van der Waals surface area contributed by atoms with Crippen LogP contribution in [-0.4, -0.2) is 26.2 Å². The van der Waals surface area contributed by atoms with Gasteiger partial charge in [0, 0.05) is 18.7 Å². The van der Waals surface area contributed by atoms with Gasteiger partial charge in [-0.3, -0.25) is 0 Å². The highest BCUT2D eigenvalue weighted by Crippen LogP contribution is 2.52. The van der Waals surface area contributed by atoms with Crippen LogP contribution in [0.3, 0.4) is 0 Å². The molecular formula is C16H24N2O2S. The zero-order valence-corrected chi connectivity index (χ0v) is 13.7. The Morgan fingerprint density at radius 2 is 2.19 bits per heavy atom. The van der Waals surface area contributed by atoms with Crippen molar-refractivity contribution in [3.63, 3.8) is 0 Å². The molecule has 116 valence electrons. The largest absolute Gasteiger partial charge is 0.465 e. The van der Waals surface area contributed by atoms with Crippen molar-refractivity contribution in [2.75, 3.05) is 30.8 Å². The number of rotatable bonds is 4. The minimum Gasteiger partial charge on any atom is -0.465 e. The summed E-state index contributed by atoms with van der Waals surface area (Å²) in [6.45, 7) is 4.44. The average Bonchev–Trinajstić information content (AvgIpc) is 3.29. The summed E-state index contributed by atoms with van der Waals surface area (Å²) < 4.78 is 4.89. The number of nitrogens with two attached hydrogens (primary N) is 1. The molecule has 21 heavy (non-hydrogen) atoms. The van der Waals surface area contributed by atoms with Gasteiger partial charge in [0.25, 0.3) is 0 Å². The molecule has 1 saturated carbocycles. The first kappa shape index (κ1) is 14.7. The first-order valence-electron chi connectivity index (χ1n) is 7.91. The van der Waals surface area contributed by atoms with Crippen LogP contribution in [0.1, 0.15) is 60.2 Å². The molecule has 3 rings (SSSR count). The molecule has 0 aromatic carbocycles. The summed E-state index contributed by atoms with van der Waals surface area (Å²) >= 11 is 1.53. The summed E-state index contributed by atoms with van der Waals surface area (Å²) in [7, 11) is 1.42. The Morgan fingerprint density at radius 1 is 1.43 bits per heavy atom. The highest BCUT2D eigenvalue weighted by Gasteiger charge is 2.35. The van der Waals surface area contributed by atoms with Gasteiger partial charge in [-0.2, -0.15) is 0 Å². The molecule has 5 heteroatoms. The average molecular weight is 308 g/mol. The molecular weight excluding hydrogens is 284 g/mol. The quantitative estimate of drug-likeness (QED) is 0.863. The maximum Gasteiger partial charge on any atom is 0.350 e. The number of carbonyl (C=O) groups is 1. The van der Waals surface area contributed by atoms with Crippen LogP contribution in [0.4, 0.5) is 10.7 Å². The maximum absolute atomic E-state index is 11.9. The molecule has 1 atom stereocenters. The fourth-order valence-corrected chi connectivity index (χ4v) is 4.53. The Kier molecular flexibility index (Phi) is 4.11. The second-order valence-corrected chi connectivity index (χ2v) is 7.19. The number of hydrogen-bond acceptors (Lipinski definition) is 5. The molecule has 4 nitrogen and oxygen atoms in total. The van der Waals surface area contributed by atoms with Crippen LogP contribution in [0, 0.1) is 5.92 Å². The van der Waals surface area contributed by atoms with Crippen LogP contribution in [-0.2, 0) is 4.74 Å². The van der Waals surface area contributed by atoms with Gasteiger partial charge in [-0.25, -0.2) is 4.79 Å². The third-order valence-corrected chi connectivity index (χ3v) is 5.97. The topological polar surface area (TPSA) is 55.6 Å². The lowest BCUT2D eigenvalue weighted by atomic mass is 9.95. The van der Waals surface area contributed by atoms with Gasteiger partial charge >= 0.3 is 5.97 Å². The van der Waals surface area contributed by atoms with E-state index in [-0.39, 0.29) is 5.97 Å². The number of thiophene rings is 1. The highest BCUT2D eigenvalue weighted by molar-refractivity contribution is 7.18. The number of ether oxygens (including phenoxy) is 1. The van der Waals surface area contributed by atoms with E-state index in [2.05, 4.69) is 11.8 Å². The Morgan fingerprint density at radius 3 is 2.81 bits per heavy atom. The molecule has 1 aliphatic carbocycles. The molecule has 0 spiro atoms. The first-order chi connectivity index (χ1) is 10.2. The number of nitrogen functional groups attached to an aromatic ring is 1. The molecule has 1 aliphatic heterocycles. The summed E-state index contributed by atoms with van der Waals surface area (Å²) in [6.07, 6.45) is 6.16. The fourth-order valence-electron chi connectivity index (χ4n) is 3.27. The van der Waals surface area contributed by atoms with Gasteiger partial charge in [-0.05, 0) is 37.5 Å². The van der Waals surface area contributed by atoms with E-state index in [1.165, 1.54) is 61.1 Å². The van der Waals surface area contributed by atoms with Crippen molar-refractivity contribution in [1.82, 2.24) is 0 Å². The molecule has 1 aromatic heterocycles. The molecule has 2 fully saturated rings. The van der Waals surface area contributed by atoms with E-state index in [1.54, 1.807) is 0 Å². The van der Waals surface area contributed by atoms with E-state index in [0.717, 1.165) is 19.0 Å². The standard InChI is InChI=1S/C16H24N2O2S/c1-3-10-5-4-8-18(9-10)15-12(11-6-7-11)13(17)14(21-15)16(19)20-2/h10-11H,3-9,17H2,1-2H3. The van der Waals surface area contributed by atoms with Gasteiger partial charge in [0.05, 0.1) is 17.8 Å². The van der Waals surface area contributed by atoms with E-state index in [1.807, 2.05) is 0 Å². The van der Waals surface area contributed by atoms with Crippen LogP contribution < -0.4 is 10.6 Å². The van der Waals surface area contributed by atoms with E-state index in [9.17, 15) is 4.79 Å². The van der Waals surface area contributed by atoms with E-state index >= 15 is 0 Å². The van der Waals surface area contributed by atoms with Gasteiger partial charge < -0.3 is 15.4 Å². The Balaban J connectivity index is 1.95. The minimum atomic E-state index is -0.297. The van der Waals surface area contributed by atoms with Gasteiger partial charge in [0.1, 0.15) is 4.88 Å². The van der Waals surface area contributed by atoms with Crippen LogP contribution in [0.5, 0.6) is 0 Å². The molecule has 2 heterocycles. The number of methoxy groups -OCH3 is 1. The maximum atomic E-state index is 11.9. The molecule has 1 unspecified atom stereocenters. The van der Waals surface area contributed by atoms with Gasteiger partial charge in [0.15, 0.2) is 0 Å². The first-order valence-corrected chi connectivity index (χ1v) is 8.72. The normalized spacial score (nSPS) is 22.4. The number of carbonyl (C=O) groups excluding carboxylic acids is 1. The monoisotopic (exact) mass is 308 g/mol. The summed E-state index contributed by atoms with van der Waals surface area (Å²) in [5, 5.41) is 1.23. The smallest absolute Gasteiger partial charge is 0.350 e. The van der Waals surface area contributed by atoms with Crippen molar-refractivity contribution < 1.29 is 9.53 Å². The second kappa shape index (κ2) is 5.87. The third-order valence-electron chi connectivity index (χ3n) is 4.70. The van der Waals surface area contributed by atoms with Crippen molar-refractivity contribution in [1.29, 1.82) is 0 Å². The van der Waals surface area contributed by atoms with Crippen LogP contribution >= 0.6 is 11.3 Å². The Labute approximate surface area is 130 Å². The Bertz CT molecular complexity index is 537. The molecule has 2 aliphatic rings. The molecule has 0 amide bonds. The predicted octanol–water partition coefficient (Wildman–Crippen LogP) is 3.62. The van der Waals surface area contributed by atoms with Crippen molar-refractivity contribution >= 4 is 28.0 Å². The molecule has 1 saturated heterocycles. The van der Waals surface area contributed by atoms with Crippen molar-refractivity contribution in [2.45, 2.75) is 44.9 Å². The van der Waals surface area contributed by atoms with Gasteiger partial charge in [0.2, 0.25) is 0 Å². The summed E-state index contributed by atoms with van der Waals surface area (Å²) in [6, 6.07) is 0. The Hall–Kier alpha value is -1.23. The third kappa shape index (κ3) is 2.76. The number of hydrogen-bond donors (Lipinski definition) is 1. The number of esters is 1. The lowest BCUT2D eigenvalue weighted by Gasteiger charge is -2.33. The van der Waals surface area contributed by atoms with E-state index in [0.29, 0.717) is 16.5 Å². The number of nitrogens with zero attached hydrogens (tertiary/aromatic N) is 1. The van der Waals surface area contributed by atoms with Crippen LogP contribution in [0.15, 0.2) is 0 Å². The summed E-state index contributed by atoms with van der Waals surface area (Å²) in [5.41, 5.74) is 8.17. The summed E-state index contributed by atoms with van der Waals surface area (Å²) in [5.74, 6) is 1.02. The van der Waals surface area contributed by atoms with E-state index in [4.69, 9.17) is 10.5 Å². The zero-order valence-electron chi connectivity index (χ0n) is 12.9.